The van der Waals surface area contributed by atoms with Crippen LogP contribution in [0.5, 0.6) is 11.5 Å². The molecule has 2 aromatic rings. The van der Waals surface area contributed by atoms with E-state index >= 15 is 4.39 Å². The third-order valence-corrected chi connectivity index (χ3v) is 9.70. The minimum Gasteiger partial charge on any atom is -0.508 e. The molecule has 4 atom stereocenters. The van der Waals surface area contributed by atoms with Gasteiger partial charge in [-0.05, 0) is 63.9 Å². The summed E-state index contributed by atoms with van der Waals surface area (Å²) in [5.41, 5.74) is 1.41. The molecule has 1 amide bonds. The van der Waals surface area contributed by atoms with E-state index in [0.29, 0.717) is 13.1 Å². The van der Waals surface area contributed by atoms with Crippen LogP contribution in [0.4, 0.5) is 4.39 Å². The number of ketones is 2. The standard InChI is InChI=1S/C33H36FN3O8/c1-36(2)27-21-13-16-12-20-24(28(39)23(16)30(41)33(21,44)31(42)25(29(27)40)32(35)43)22(38)14-17(26(20)34)15-37-10-8-19(9-11-37)45-18-6-4-3-5-7-18/h3-7,14,16,19,21,27,38-39,42,44H,8-13,15H2,1-2H3,(H2,35,43)/t16-,21-,27-,33-/m0/s1. The Hall–Kier alpha value is -4.26. The van der Waals surface area contributed by atoms with E-state index in [1.165, 1.54) is 25.1 Å². The van der Waals surface area contributed by atoms with Gasteiger partial charge in [0.25, 0.3) is 5.91 Å². The maximum absolute atomic E-state index is 16.2. The topological polar surface area (TPSA) is 174 Å². The number of nitrogens with two attached hydrogens (primary N) is 1. The van der Waals surface area contributed by atoms with Crippen LogP contribution in [0, 0.1) is 17.7 Å². The van der Waals surface area contributed by atoms with E-state index < -0.39 is 69.6 Å². The number of Topliss-reactive ketones (excluding diaryl/α,β-unsaturated/α-hetero) is 2. The van der Waals surface area contributed by atoms with Crippen molar-refractivity contribution in [1.82, 2.24) is 9.80 Å². The maximum atomic E-state index is 16.2. The average Bonchev–Trinajstić information content (AvgIpc) is 2.98. The summed E-state index contributed by atoms with van der Waals surface area (Å²) in [4.78, 5) is 42.8. The molecule has 4 aliphatic rings. The second-order valence-corrected chi connectivity index (χ2v) is 12.6. The molecule has 6 rings (SSSR count). The predicted molar refractivity (Wildman–Crippen MR) is 160 cm³/mol. The lowest BCUT2D eigenvalue weighted by Gasteiger charge is -2.50. The molecule has 0 unspecified atom stereocenters. The first-order valence-corrected chi connectivity index (χ1v) is 15.0. The van der Waals surface area contributed by atoms with E-state index in [1.54, 1.807) is 0 Å². The van der Waals surface area contributed by atoms with Gasteiger partial charge in [-0.2, -0.15) is 0 Å². The van der Waals surface area contributed by atoms with Gasteiger partial charge in [0.15, 0.2) is 11.4 Å². The highest BCUT2D eigenvalue weighted by atomic mass is 19.1. The molecule has 0 aromatic heterocycles. The van der Waals surface area contributed by atoms with Crippen molar-refractivity contribution in [2.24, 2.45) is 17.6 Å². The number of fused-ring (bicyclic) bond motifs is 3. The number of rotatable bonds is 6. The number of nitrogens with zero attached hydrogens (tertiary/aromatic N) is 2. The number of hydrogen-bond acceptors (Lipinski definition) is 10. The summed E-state index contributed by atoms with van der Waals surface area (Å²) in [6, 6.07) is 9.56. The molecule has 11 nitrogen and oxygen atoms in total. The lowest BCUT2D eigenvalue weighted by molar-refractivity contribution is -0.153. The number of carbonyl (C=O) groups is 3. The zero-order valence-electron chi connectivity index (χ0n) is 25.0. The SMILES string of the molecule is CN(C)[C@@H]1C(=O)C(C(N)=O)=C(O)[C@@]2(O)C(=O)C3=C(O)c4c(O)cc(CN5CCC(Oc6ccccc6)CC5)c(F)c4C[C@H]3C[C@@H]12. The van der Waals surface area contributed by atoms with Gasteiger partial charge in [0.1, 0.15) is 40.5 Å². The number of primary amides is 1. The number of aromatic hydroxyl groups is 1. The molecule has 2 fully saturated rings. The van der Waals surface area contributed by atoms with Crippen molar-refractivity contribution < 1.29 is 43.9 Å². The quantitative estimate of drug-likeness (QED) is 0.301. The van der Waals surface area contributed by atoms with Crippen LogP contribution in [0.15, 0.2) is 53.3 Å². The first kappa shape index (κ1) is 30.8. The van der Waals surface area contributed by atoms with Gasteiger partial charge in [0.2, 0.25) is 5.78 Å². The Kier molecular flexibility index (Phi) is 7.70. The number of carbonyl (C=O) groups excluding carboxylic acids is 3. The molecular formula is C33H36FN3O8. The van der Waals surface area contributed by atoms with E-state index in [4.69, 9.17) is 10.5 Å². The lowest BCUT2D eigenvalue weighted by atomic mass is 9.57. The molecular weight excluding hydrogens is 585 g/mol. The van der Waals surface area contributed by atoms with Gasteiger partial charge in [0, 0.05) is 42.3 Å². The smallest absolute Gasteiger partial charge is 0.255 e. The van der Waals surface area contributed by atoms with Crippen LogP contribution >= 0.6 is 0 Å². The number of benzene rings is 2. The molecule has 0 spiro atoms. The Morgan fingerprint density at radius 1 is 1.13 bits per heavy atom. The van der Waals surface area contributed by atoms with Crippen LogP contribution in [0.3, 0.4) is 0 Å². The van der Waals surface area contributed by atoms with Crippen LogP contribution in [0.2, 0.25) is 0 Å². The van der Waals surface area contributed by atoms with Gasteiger partial charge < -0.3 is 30.9 Å². The van der Waals surface area contributed by atoms with Gasteiger partial charge >= 0.3 is 0 Å². The molecule has 1 aliphatic heterocycles. The van der Waals surface area contributed by atoms with E-state index in [2.05, 4.69) is 4.90 Å². The molecule has 238 valence electrons. The Bertz CT molecular complexity index is 1650. The molecule has 1 saturated heterocycles. The molecule has 6 N–H and O–H groups in total. The maximum Gasteiger partial charge on any atom is 0.255 e. The first-order valence-electron chi connectivity index (χ1n) is 15.0. The molecule has 1 saturated carbocycles. The summed E-state index contributed by atoms with van der Waals surface area (Å²) < 4.78 is 22.2. The highest BCUT2D eigenvalue weighted by molar-refractivity contribution is 6.24. The van der Waals surface area contributed by atoms with Gasteiger partial charge in [-0.3, -0.25) is 24.2 Å². The highest BCUT2D eigenvalue weighted by Gasteiger charge is 2.64. The summed E-state index contributed by atoms with van der Waals surface area (Å²) in [7, 11) is 3.04. The summed E-state index contributed by atoms with van der Waals surface area (Å²) in [6.45, 7) is 1.50. The number of halogens is 1. The van der Waals surface area contributed by atoms with E-state index in [-0.39, 0.29) is 47.8 Å². The molecule has 2 aromatic carbocycles. The number of phenols is 1. The van der Waals surface area contributed by atoms with Gasteiger partial charge in [0.05, 0.1) is 11.6 Å². The van der Waals surface area contributed by atoms with Crippen molar-refractivity contribution >= 4 is 23.2 Å². The van der Waals surface area contributed by atoms with Gasteiger partial charge in [-0.25, -0.2) is 4.39 Å². The van der Waals surface area contributed by atoms with Crippen LogP contribution in [-0.4, -0.2) is 92.6 Å². The number of phenolic OH excluding ortho intramolecular Hbond substituents is 1. The number of aliphatic hydroxyl groups is 3. The van der Waals surface area contributed by atoms with Crippen LogP contribution in [0.1, 0.15) is 36.0 Å². The van der Waals surface area contributed by atoms with Crippen molar-refractivity contribution in [2.75, 3.05) is 27.2 Å². The van der Waals surface area contributed by atoms with Gasteiger partial charge in [-0.1, -0.05) is 18.2 Å². The van der Waals surface area contributed by atoms with E-state index in [0.717, 1.165) is 18.6 Å². The van der Waals surface area contributed by atoms with E-state index in [1.807, 2.05) is 30.3 Å². The fourth-order valence-electron chi connectivity index (χ4n) is 7.58. The average molecular weight is 622 g/mol. The van der Waals surface area contributed by atoms with Crippen molar-refractivity contribution in [1.29, 1.82) is 0 Å². The third kappa shape index (κ3) is 4.88. The van der Waals surface area contributed by atoms with Crippen molar-refractivity contribution in [3.63, 3.8) is 0 Å². The fraction of sp³-hybridized carbons (Fsp3) is 0.424. The van der Waals surface area contributed by atoms with Crippen LogP contribution in [0.25, 0.3) is 5.76 Å². The zero-order chi connectivity index (χ0) is 32.4. The second kappa shape index (κ2) is 11.3. The van der Waals surface area contributed by atoms with Crippen molar-refractivity contribution in [3.05, 3.63) is 75.8 Å². The lowest BCUT2D eigenvalue weighted by Crippen LogP contribution is -2.65. The van der Waals surface area contributed by atoms with E-state index in [9.17, 15) is 34.8 Å². The normalized spacial score (nSPS) is 27.4. The second-order valence-electron chi connectivity index (χ2n) is 12.6. The molecule has 0 bridgehead atoms. The molecule has 1 heterocycles. The number of likely N-dealkylation sites (tertiary alicyclic amines) is 1. The largest absolute Gasteiger partial charge is 0.508 e. The summed E-state index contributed by atoms with van der Waals surface area (Å²) in [5, 5.41) is 45.0. The zero-order valence-corrected chi connectivity index (χ0v) is 25.0. The Morgan fingerprint density at radius 2 is 1.80 bits per heavy atom. The Morgan fingerprint density at radius 3 is 2.42 bits per heavy atom. The number of para-hydroxylation sites is 1. The minimum atomic E-state index is -2.74. The molecule has 12 heteroatoms. The Labute approximate surface area is 259 Å². The number of hydrogen-bond donors (Lipinski definition) is 5. The molecule has 0 radical (unpaired) electrons. The summed E-state index contributed by atoms with van der Waals surface area (Å²) >= 11 is 0. The monoisotopic (exact) mass is 621 g/mol. The van der Waals surface area contributed by atoms with Crippen molar-refractivity contribution in [2.45, 2.75) is 50.0 Å². The fourth-order valence-corrected chi connectivity index (χ4v) is 7.58. The van der Waals surface area contributed by atoms with Crippen molar-refractivity contribution in [3.8, 4) is 11.5 Å². The number of ether oxygens (including phenoxy) is 1. The summed E-state index contributed by atoms with van der Waals surface area (Å²) in [6.07, 6.45) is 1.29. The third-order valence-electron chi connectivity index (χ3n) is 9.70. The predicted octanol–water partition coefficient (Wildman–Crippen LogP) is 2.15. The van der Waals surface area contributed by atoms with Crippen LogP contribution < -0.4 is 10.5 Å². The Balaban J connectivity index is 1.30. The minimum absolute atomic E-state index is 0.0258. The van der Waals surface area contributed by atoms with Crippen LogP contribution in [-0.2, 0) is 27.3 Å². The molecule has 3 aliphatic carbocycles. The molecule has 45 heavy (non-hydrogen) atoms. The first-order chi connectivity index (χ1) is 21.3. The number of piperidine rings is 1. The van der Waals surface area contributed by atoms with Gasteiger partial charge in [-0.15, -0.1) is 0 Å². The number of amides is 1. The number of likely N-dealkylation sites (N-methyl/N-ethyl adjacent to an activating group) is 1. The number of aliphatic hydroxyl groups excluding tert-OH is 2. The highest BCUT2D eigenvalue weighted by Crippen LogP contribution is 2.53. The summed E-state index contributed by atoms with van der Waals surface area (Å²) in [5.74, 6) is -7.49.